The Kier molecular flexibility index (Phi) is 12.5. The van der Waals surface area contributed by atoms with Gasteiger partial charge >= 0.3 is 5.97 Å². The zero-order valence-corrected chi connectivity index (χ0v) is 29.7. The van der Waals surface area contributed by atoms with Crippen LogP contribution in [0.2, 0.25) is 25.7 Å². The third kappa shape index (κ3) is 11.8. The first-order chi connectivity index (χ1) is 22.4. The van der Waals surface area contributed by atoms with Crippen LogP contribution in [-0.2, 0) is 26.2 Å². The van der Waals surface area contributed by atoms with Crippen LogP contribution in [0.5, 0.6) is 11.5 Å². The van der Waals surface area contributed by atoms with Gasteiger partial charge in [-0.1, -0.05) is 126 Å². The summed E-state index contributed by atoms with van der Waals surface area (Å²) >= 11 is 0. The van der Waals surface area contributed by atoms with Gasteiger partial charge in [-0.2, -0.15) is 0 Å². The number of ether oxygens (including phenoxy) is 3. The van der Waals surface area contributed by atoms with Crippen molar-refractivity contribution in [3.05, 3.63) is 126 Å². The van der Waals surface area contributed by atoms with E-state index >= 15 is 0 Å². The van der Waals surface area contributed by atoms with E-state index in [4.69, 9.17) is 19.0 Å². The van der Waals surface area contributed by atoms with E-state index in [1.807, 2.05) is 78.9 Å². The van der Waals surface area contributed by atoms with Gasteiger partial charge in [-0.15, -0.1) is 0 Å². The second-order valence-electron chi connectivity index (χ2n) is 13.9. The van der Waals surface area contributed by atoms with Gasteiger partial charge in [0.25, 0.3) is 0 Å². The van der Waals surface area contributed by atoms with Crippen LogP contribution in [-0.4, -0.2) is 40.0 Å². The van der Waals surface area contributed by atoms with Crippen molar-refractivity contribution in [1.29, 1.82) is 0 Å². The van der Waals surface area contributed by atoms with E-state index in [1.54, 1.807) is 0 Å². The van der Waals surface area contributed by atoms with E-state index in [0.29, 0.717) is 43.4 Å². The molecule has 7 heteroatoms. The maximum atomic E-state index is 13.2. The molecular formula is C40H49NO5Si. The normalized spacial score (nSPS) is 12.2. The third-order valence-corrected chi connectivity index (χ3v) is 9.40. The largest absolute Gasteiger partial charge is 0.491 e. The highest BCUT2D eigenvalue weighted by Gasteiger charge is 2.24. The molecule has 4 aromatic carbocycles. The molecule has 1 atom stereocenters. The van der Waals surface area contributed by atoms with Crippen LogP contribution in [0.3, 0.4) is 0 Å². The van der Waals surface area contributed by atoms with Crippen LogP contribution in [0, 0.1) is 0 Å². The Morgan fingerprint density at radius 2 is 1.38 bits per heavy atom. The molecule has 0 aliphatic carbocycles. The van der Waals surface area contributed by atoms with Gasteiger partial charge in [-0.05, 0) is 63.5 Å². The summed E-state index contributed by atoms with van der Waals surface area (Å²) in [6, 6.07) is 35.0. The molecule has 248 valence electrons. The number of carbonyl (C=O) groups excluding carboxylic acids is 1. The second kappa shape index (κ2) is 16.5. The Balaban J connectivity index is 1.26. The zero-order chi connectivity index (χ0) is 33.9. The van der Waals surface area contributed by atoms with Crippen molar-refractivity contribution < 1.29 is 23.8 Å². The van der Waals surface area contributed by atoms with Crippen molar-refractivity contribution in [1.82, 2.24) is 5.48 Å². The number of hydroxylamine groups is 1. The first-order valence-electron chi connectivity index (χ1n) is 16.3. The molecule has 0 aromatic heterocycles. The summed E-state index contributed by atoms with van der Waals surface area (Å²) in [5, 5.41) is 0. The van der Waals surface area contributed by atoms with Gasteiger partial charge in [0.15, 0.2) is 6.10 Å². The van der Waals surface area contributed by atoms with Crippen LogP contribution in [0.1, 0.15) is 37.5 Å². The predicted octanol–water partition coefficient (Wildman–Crippen LogP) is 9.09. The molecular weight excluding hydrogens is 603 g/mol. The molecule has 1 unspecified atom stereocenters. The van der Waals surface area contributed by atoms with E-state index in [9.17, 15) is 4.79 Å². The maximum Gasteiger partial charge on any atom is 0.347 e. The third-order valence-electron chi connectivity index (χ3n) is 7.69. The maximum absolute atomic E-state index is 13.2. The molecule has 0 radical (unpaired) electrons. The molecule has 0 aliphatic heterocycles. The van der Waals surface area contributed by atoms with Crippen molar-refractivity contribution in [2.45, 2.75) is 64.4 Å². The number of esters is 1. The Bertz CT molecular complexity index is 1560. The number of nitrogens with one attached hydrogen (secondary N) is 1. The van der Waals surface area contributed by atoms with Gasteiger partial charge in [0, 0.05) is 14.5 Å². The van der Waals surface area contributed by atoms with E-state index in [2.05, 4.69) is 76.7 Å². The average Bonchev–Trinajstić information content (AvgIpc) is 3.04. The second-order valence-corrected chi connectivity index (χ2v) is 19.5. The molecule has 0 heterocycles. The minimum absolute atomic E-state index is 0.0324. The van der Waals surface area contributed by atoms with Gasteiger partial charge in [0.05, 0.1) is 12.3 Å². The summed E-state index contributed by atoms with van der Waals surface area (Å²) in [7, 11) is -1.34. The lowest BCUT2D eigenvalue weighted by Gasteiger charge is -2.22. The quantitative estimate of drug-likeness (QED) is 0.0564. The highest BCUT2D eigenvalue weighted by molar-refractivity contribution is 6.76. The molecule has 1 N–H and O–H groups in total. The molecule has 47 heavy (non-hydrogen) atoms. The van der Waals surface area contributed by atoms with E-state index in [0.717, 1.165) is 22.7 Å². The first-order valence-corrected chi connectivity index (χ1v) is 20.0. The van der Waals surface area contributed by atoms with Crippen LogP contribution >= 0.6 is 0 Å². The van der Waals surface area contributed by atoms with Crippen molar-refractivity contribution in [2.24, 2.45) is 0 Å². The standard InChI is InChI=1S/C40H49NO5Si/c1-30(32-15-17-34(18-16-32)33-11-9-8-10-12-33)41-45-26-25-43-36-21-13-31(14-22-36)29-38(39(42)44-27-28-47(5,6)7)46-37-23-19-35(20-24-37)40(2,3)4/h8-24,38,41H,1,25-29H2,2-7H3. The fourth-order valence-electron chi connectivity index (χ4n) is 4.75. The lowest BCUT2D eigenvalue weighted by Crippen LogP contribution is -2.33. The lowest BCUT2D eigenvalue weighted by atomic mass is 9.87. The zero-order valence-electron chi connectivity index (χ0n) is 28.7. The number of rotatable bonds is 16. The molecule has 4 aromatic rings. The molecule has 0 saturated carbocycles. The molecule has 0 amide bonds. The van der Waals surface area contributed by atoms with Gasteiger partial charge in [0.2, 0.25) is 0 Å². The number of hydrogen-bond acceptors (Lipinski definition) is 6. The molecule has 0 spiro atoms. The summed E-state index contributed by atoms with van der Waals surface area (Å²) in [5.41, 5.74) is 9.03. The molecule has 0 aliphatic rings. The summed E-state index contributed by atoms with van der Waals surface area (Å²) in [4.78, 5) is 18.7. The highest BCUT2D eigenvalue weighted by atomic mass is 28.3. The monoisotopic (exact) mass is 651 g/mol. The summed E-state index contributed by atoms with van der Waals surface area (Å²) in [6.45, 7) is 18.5. The Hall–Kier alpha value is -4.33. The average molecular weight is 652 g/mol. The van der Waals surface area contributed by atoms with Crippen molar-refractivity contribution in [3.8, 4) is 22.6 Å². The van der Waals surface area contributed by atoms with Crippen molar-refractivity contribution >= 4 is 19.7 Å². The smallest absolute Gasteiger partial charge is 0.347 e. The number of carbonyl (C=O) groups is 1. The van der Waals surface area contributed by atoms with E-state index in [-0.39, 0.29) is 11.4 Å². The topological polar surface area (TPSA) is 66.0 Å². The van der Waals surface area contributed by atoms with Crippen molar-refractivity contribution in [2.75, 3.05) is 19.8 Å². The Morgan fingerprint density at radius 1 is 0.766 bits per heavy atom. The van der Waals surface area contributed by atoms with Gasteiger partial charge < -0.3 is 14.2 Å². The van der Waals surface area contributed by atoms with Gasteiger partial charge in [-0.3, -0.25) is 10.3 Å². The minimum atomic E-state index is -1.34. The SMILES string of the molecule is C=C(NOCCOc1ccc(CC(Oc2ccc(C(C)(C)C)cc2)C(=O)OCC[Si](C)(C)C)cc1)c1ccc(-c2ccccc2)cc1. The summed E-state index contributed by atoms with van der Waals surface area (Å²) in [6.07, 6.45) is -0.375. The van der Waals surface area contributed by atoms with Gasteiger partial charge in [0.1, 0.15) is 24.7 Å². The number of benzene rings is 4. The Morgan fingerprint density at radius 3 is 2.00 bits per heavy atom. The molecule has 6 nitrogen and oxygen atoms in total. The van der Waals surface area contributed by atoms with E-state index in [1.165, 1.54) is 11.1 Å². The first kappa shape index (κ1) is 35.5. The van der Waals surface area contributed by atoms with Crippen LogP contribution < -0.4 is 15.0 Å². The van der Waals surface area contributed by atoms with Gasteiger partial charge in [-0.25, -0.2) is 4.79 Å². The van der Waals surface area contributed by atoms with E-state index < -0.39 is 14.2 Å². The number of hydrogen-bond donors (Lipinski definition) is 1. The fraction of sp³-hybridized carbons (Fsp3) is 0.325. The molecule has 0 fully saturated rings. The summed E-state index contributed by atoms with van der Waals surface area (Å²) in [5.74, 6) is 1.01. The molecule has 0 saturated heterocycles. The molecule has 4 rings (SSSR count). The summed E-state index contributed by atoms with van der Waals surface area (Å²) < 4.78 is 17.8. The lowest BCUT2D eigenvalue weighted by molar-refractivity contribution is -0.151. The fourth-order valence-corrected chi connectivity index (χ4v) is 5.46. The van der Waals surface area contributed by atoms with Crippen LogP contribution in [0.25, 0.3) is 16.8 Å². The van der Waals surface area contributed by atoms with Crippen LogP contribution in [0.15, 0.2) is 110 Å². The minimum Gasteiger partial charge on any atom is -0.491 e. The van der Waals surface area contributed by atoms with Crippen LogP contribution in [0.4, 0.5) is 0 Å². The molecule has 0 bridgehead atoms. The highest BCUT2D eigenvalue weighted by Crippen LogP contribution is 2.26. The van der Waals surface area contributed by atoms with Crippen molar-refractivity contribution in [3.63, 3.8) is 0 Å². The Labute approximate surface area is 281 Å². The predicted molar refractivity (Wildman–Crippen MR) is 194 cm³/mol.